The van der Waals surface area contributed by atoms with Crippen molar-refractivity contribution in [2.45, 2.75) is 64.7 Å². The number of ether oxygens (including phenoxy) is 2. The summed E-state index contributed by atoms with van der Waals surface area (Å²) in [6.07, 6.45) is -0.203. The van der Waals surface area contributed by atoms with Gasteiger partial charge in [0.05, 0.1) is 0 Å². The second kappa shape index (κ2) is 10.4. The van der Waals surface area contributed by atoms with Crippen LogP contribution in [0.15, 0.2) is 16.6 Å². The Balaban J connectivity index is 1.93. The van der Waals surface area contributed by atoms with Crippen LogP contribution in [0.1, 0.15) is 45.6 Å². The molecule has 1 saturated heterocycles. The number of aliphatic hydroxyl groups is 1. The van der Waals surface area contributed by atoms with Gasteiger partial charge in [-0.2, -0.15) is 0 Å². The molecular weight excluding hydrogens is 459 g/mol. The lowest BCUT2D eigenvalue weighted by molar-refractivity contribution is -0.129. The minimum atomic E-state index is -1.02. The summed E-state index contributed by atoms with van der Waals surface area (Å²) in [6.45, 7) is 7.89. The van der Waals surface area contributed by atoms with E-state index in [1.807, 2.05) is 20.8 Å². The van der Waals surface area contributed by atoms with Gasteiger partial charge in [0.2, 0.25) is 0 Å². The molecule has 0 spiro atoms. The molecule has 168 valence electrons. The van der Waals surface area contributed by atoms with Gasteiger partial charge in [0.1, 0.15) is 5.60 Å². The summed E-state index contributed by atoms with van der Waals surface area (Å²) in [5, 5.41) is 12.2. The monoisotopic (exact) mass is 488 g/mol. The number of hydrogen-bond donors (Lipinski definition) is 2. The van der Waals surface area contributed by atoms with Crippen LogP contribution in [0.2, 0.25) is 0 Å². The molecule has 9 heteroatoms. The van der Waals surface area contributed by atoms with Gasteiger partial charge < -0.3 is 24.8 Å². The quantitative estimate of drug-likeness (QED) is 0.639. The van der Waals surface area contributed by atoms with Gasteiger partial charge in [-0.05, 0) is 58.2 Å². The van der Waals surface area contributed by atoms with E-state index in [1.165, 1.54) is 12.1 Å². The average molecular weight is 489 g/mol. The smallest absolute Gasteiger partial charge is 0.410 e. The van der Waals surface area contributed by atoms with Gasteiger partial charge in [0, 0.05) is 36.6 Å². The van der Waals surface area contributed by atoms with E-state index in [2.05, 4.69) is 21.2 Å². The van der Waals surface area contributed by atoms with E-state index < -0.39 is 23.4 Å². The first-order valence-electron chi connectivity index (χ1n) is 10.0. The summed E-state index contributed by atoms with van der Waals surface area (Å²) in [5.41, 5.74) is 0.210. The van der Waals surface area contributed by atoms with Crippen LogP contribution >= 0.6 is 15.9 Å². The van der Waals surface area contributed by atoms with E-state index in [0.29, 0.717) is 30.4 Å². The van der Waals surface area contributed by atoms with Crippen molar-refractivity contribution in [1.82, 2.24) is 10.2 Å². The highest BCUT2D eigenvalue weighted by Crippen LogP contribution is 2.27. The van der Waals surface area contributed by atoms with Crippen molar-refractivity contribution in [2.75, 3.05) is 19.7 Å². The summed E-state index contributed by atoms with van der Waals surface area (Å²) in [5.74, 6) is -1.04. The second-order valence-electron chi connectivity index (χ2n) is 8.40. The van der Waals surface area contributed by atoms with Gasteiger partial charge in [-0.25, -0.2) is 9.18 Å². The fourth-order valence-corrected chi connectivity index (χ4v) is 3.38. The predicted octanol–water partition coefficient (Wildman–Crippen LogP) is 3.54. The lowest BCUT2D eigenvalue weighted by atomic mass is 10.0. The summed E-state index contributed by atoms with van der Waals surface area (Å²) < 4.78 is 25.8. The first kappa shape index (κ1) is 24.4. The molecule has 1 aromatic carbocycles. The van der Waals surface area contributed by atoms with Crippen molar-refractivity contribution >= 4 is 27.9 Å². The molecule has 1 fully saturated rings. The van der Waals surface area contributed by atoms with Gasteiger partial charge >= 0.3 is 6.09 Å². The summed E-state index contributed by atoms with van der Waals surface area (Å²) in [4.78, 5) is 26.5. The molecule has 0 aliphatic carbocycles. The van der Waals surface area contributed by atoms with E-state index in [9.17, 15) is 19.1 Å². The van der Waals surface area contributed by atoms with Crippen LogP contribution in [0.25, 0.3) is 0 Å². The average Bonchev–Trinajstić information content (AvgIpc) is 2.64. The Kier molecular flexibility index (Phi) is 8.49. The summed E-state index contributed by atoms with van der Waals surface area (Å²) in [6, 6.07) is 2.65. The number of rotatable bonds is 6. The van der Waals surface area contributed by atoms with Crippen molar-refractivity contribution in [3.63, 3.8) is 0 Å². The Morgan fingerprint density at radius 2 is 1.97 bits per heavy atom. The van der Waals surface area contributed by atoms with Crippen molar-refractivity contribution in [3.8, 4) is 5.75 Å². The van der Waals surface area contributed by atoms with Crippen molar-refractivity contribution in [3.05, 3.63) is 28.0 Å². The maximum absolute atomic E-state index is 14.2. The largest absolute Gasteiger partial charge is 0.477 e. The number of aryl methyl sites for hydroxylation is 1. The number of halogens is 2. The van der Waals surface area contributed by atoms with Gasteiger partial charge in [0.25, 0.3) is 5.91 Å². The number of carbonyl (C=O) groups is 2. The van der Waals surface area contributed by atoms with Crippen LogP contribution in [0.4, 0.5) is 9.18 Å². The van der Waals surface area contributed by atoms with E-state index in [-0.39, 0.29) is 30.9 Å². The number of aliphatic hydroxyl groups excluding tert-OH is 1. The van der Waals surface area contributed by atoms with Gasteiger partial charge in [-0.1, -0.05) is 15.9 Å². The first-order chi connectivity index (χ1) is 14.0. The molecule has 30 heavy (non-hydrogen) atoms. The molecule has 0 saturated carbocycles. The van der Waals surface area contributed by atoms with Crippen LogP contribution in [-0.4, -0.2) is 59.5 Å². The molecule has 1 aromatic rings. The Hall–Kier alpha value is -1.87. The fourth-order valence-electron chi connectivity index (χ4n) is 3.06. The lowest BCUT2D eigenvalue weighted by Gasteiger charge is -2.34. The molecule has 1 aliphatic rings. The number of nitrogens with one attached hydrogen (secondary N) is 1. The van der Waals surface area contributed by atoms with Crippen LogP contribution < -0.4 is 10.1 Å². The van der Waals surface area contributed by atoms with Crippen LogP contribution in [0.3, 0.4) is 0 Å². The van der Waals surface area contributed by atoms with Crippen molar-refractivity contribution < 1.29 is 28.6 Å². The number of hydrogen-bond acceptors (Lipinski definition) is 5. The molecule has 0 radical (unpaired) electrons. The summed E-state index contributed by atoms with van der Waals surface area (Å²) in [7, 11) is 0. The third-order valence-electron chi connectivity index (χ3n) is 4.66. The Morgan fingerprint density at radius 1 is 1.33 bits per heavy atom. The van der Waals surface area contributed by atoms with E-state index >= 15 is 0 Å². The lowest BCUT2D eigenvalue weighted by Crippen LogP contribution is -2.50. The Bertz CT molecular complexity index is 760. The molecule has 1 heterocycles. The molecule has 2 N–H and O–H groups in total. The molecular formula is C21H30BrFN2O5. The highest BCUT2D eigenvalue weighted by atomic mass is 79.9. The molecule has 2 amide bonds. The molecule has 1 aliphatic heterocycles. The highest BCUT2D eigenvalue weighted by Gasteiger charge is 2.29. The van der Waals surface area contributed by atoms with Gasteiger partial charge in [-0.15, -0.1) is 0 Å². The zero-order valence-corrected chi connectivity index (χ0v) is 19.4. The molecule has 1 unspecified atom stereocenters. The fraction of sp³-hybridized carbons (Fsp3) is 0.619. The maximum Gasteiger partial charge on any atom is 0.410 e. The minimum absolute atomic E-state index is 0.0379. The molecule has 0 aromatic heterocycles. The number of likely N-dealkylation sites (tertiary alicyclic amines) is 1. The Morgan fingerprint density at radius 3 is 2.53 bits per heavy atom. The van der Waals surface area contributed by atoms with Gasteiger partial charge in [0.15, 0.2) is 17.7 Å². The topological polar surface area (TPSA) is 88.1 Å². The minimum Gasteiger partial charge on any atom is -0.477 e. The van der Waals surface area contributed by atoms with Crippen molar-refractivity contribution in [1.29, 1.82) is 0 Å². The Labute approximate surface area is 185 Å². The number of benzene rings is 1. The number of piperidine rings is 1. The zero-order chi connectivity index (χ0) is 22.5. The summed E-state index contributed by atoms with van der Waals surface area (Å²) >= 11 is 3.25. The van der Waals surface area contributed by atoms with Crippen LogP contribution in [0.5, 0.6) is 5.75 Å². The number of carbonyl (C=O) groups excluding carboxylic acids is 2. The van der Waals surface area contributed by atoms with E-state index in [0.717, 1.165) is 5.56 Å². The maximum atomic E-state index is 14.2. The number of amides is 2. The molecule has 2 rings (SSSR count). The number of nitrogens with zero attached hydrogens (tertiary/aromatic N) is 1. The highest BCUT2D eigenvalue weighted by molar-refractivity contribution is 9.10. The first-order valence-corrected chi connectivity index (χ1v) is 10.8. The van der Waals surface area contributed by atoms with Crippen LogP contribution in [0, 0.1) is 12.7 Å². The van der Waals surface area contributed by atoms with E-state index in [1.54, 1.807) is 11.8 Å². The van der Waals surface area contributed by atoms with Crippen LogP contribution in [-0.2, 0) is 9.53 Å². The second-order valence-corrected chi connectivity index (χ2v) is 9.26. The standard InChI is InChI=1S/C21H30BrFN2O5/c1-13-11-18(16(23)12-15(13)22)29-17(7-10-26)19(27)24-14-5-8-25(9-6-14)20(28)30-21(2,3)4/h11-12,14,17,26H,5-10H2,1-4H3,(H,24,27). The van der Waals surface area contributed by atoms with Crippen molar-refractivity contribution in [2.24, 2.45) is 0 Å². The SMILES string of the molecule is Cc1cc(OC(CCO)C(=O)NC2CCN(C(=O)OC(C)(C)C)CC2)c(F)cc1Br. The third-order valence-corrected chi connectivity index (χ3v) is 5.51. The zero-order valence-electron chi connectivity index (χ0n) is 17.8. The predicted molar refractivity (Wildman–Crippen MR) is 114 cm³/mol. The van der Waals surface area contributed by atoms with Gasteiger partial charge in [-0.3, -0.25) is 4.79 Å². The molecule has 7 nitrogen and oxygen atoms in total. The van der Waals surface area contributed by atoms with E-state index in [4.69, 9.17) is 9.47 Å². The third kappa shape index (κ3) is 7.12. The normalized spacial score (nSPS) is 16.2. The molecule has 0 bridgehead atoms. The molecule has 1 atom stereocenters.